The fourth-order valence-corrected chi connectivity index (χ4v) is 12.8. The maximum absolute atomic E-state index is 2.38. The first-order valence-electron chi connectivity index (χ1n) is 16.7. The normalized spacial score (nSPS) is 12.0. The molecule has 0 fully saturated rings. The molecule has 0 saturated heterocycles. The van der Waals surface area contributed by atoms with Crippen molar-refractivity contribution in [2.45, 2.75) is 0 Å². The smallest absolute Gasteiger partial charge is 0.0542 e. The molecule has 7 aromatic carbocycles. The summed E-state index contributed by atoms with van der Waals surface area (Å²) in [4.78, 5) is 0. The first-order valence-corrected chi connectivity index (χ1v) is 20.0. The van der Waals surface area contributed by atoms with E-state index in [9.17, 15) is 0 Å². The Hall–Kier alpha value is -5.10. The van der Waals surface area contributed by atoms with E-state index in [1.54, 1.807) is 0 Å². The summed E-state index contributed by atoms with van der Waals surface area (Å²) in [5, 5.41) is 5.46. The number of fused-ring (bicyclic) bond motifs is 10. The van der Waals surface area contributed by atoms with Crippen LogP contribution in [0.5, 0.6) is 0 Å². The largest absolute Gasteiger partial charge is 0.134 e. The van der Waals surface area contributed by atoms with E-state index in [1.807, 2.05) is 45.3 Å². The van der Waals surface area contributed by atoms with Gasteiger partial charge in [-0.2, -0.15) is 0 Å². The van der Waals surface area contributed by atoms with Crippen molar-refractivity contribution in [1.29, 1.82) is 0 Å². The molecule has 4 heterocycles. The van der Waals surface area contributed by atoms with Gasteiger partial charge < -0.3 is 0 Å². The quantitative estimate of drug-likeness (QED) is 0.171. The zero-order valence-corrected chi connectivity index (χ0v) is 29.9. The highest BCUT2D eigenvalue weighted by Crippen LogP contribution is 2.47. The number of rotatable bonds is 4. The molecular formula is C46H26S4. The number of hydrogen-bond acceptors (Lipinski definition) is 4. The molecule has 0 atom stereocenters. The molecule has 0 saturated carbocycles. The van der Waals surface area contributed by atoms with E-state index >= 15 is 0 Å². The summed E-state index contributed by atoms with van der Waals surface area (Å²) in [5.74, 6) is 0. The first-order chi connectivity index (χ1) is 24.7. The van der Waals surface area contributed by atoms with Crippen LogP contribution in [-0.4, -0.2) is 0 Å². The molecule has 0 aliphatic carbocycles. The van der Waals surface area contributed by atoms with Crippen molar-refractivity contribution in [2.75, 3.05) is 0 Å². The lowest BCUT2D eigenvalue weighted by atomic mass is 9.99. The van der Waals surface area contributed by atoms with Crippen molar-refractivity contribution in [3.63, 3.8) is 0 Å². The van der Waals surface area contributed by atoms with Gasteiger partial charge in [0, 0.05) is 40.3 Å². The minimum atomic E-state index is 1.25. The average molecular weight is 707 g/mol. The molecule has 0 N–H and O–H groups in total. The van der Waals surface area contributed by atoms with Crippen LogP contribution >= 0.6 is 45.3 Å². The standard InChI is InChI=1S/C46H26S4/c1-3-7-27(8-4-1)31-15-19-35-39(23-31)47-45-37-21-17-33(25-41(37)49-43(35)45)29-11-13-30(14-12-29)34-18-22-38-42(26-34)50-44-36-20-16-32(24-40(36)48-46(38)44)28-9-5-2-6-10-28/h1-26H. The van der Waals surface area contributed by atoms with E-state index in [1.165, 1.54) is 104 Å². The average Bonchev–Trinajstić information content (AvgIpc) is 3.92. The number of hydrogen-bond donors (Lipinski definition) is 0. The predicted molar refractivity (Wildman–Crippen MR) is 225 cm³/mol. The van der Waals surface area contributed by atoms with Gasteiger partial charge in [-0.1, -0.05) is 133 Å². The molecule has 0 aliphatic rings. The van der Waals surface area contributed by atoms with Gasteiger partial charge >= 0.3 is 0 Å². The second-order valence-electron chi connectivity index (χ2n) is 12.9. The Morgan fingerprint density at radius 3 is 0.740 bits per heavy atom. The summed E-state index contributed by atoms with van der Waals surface area (Å²) in [6.45, 7) is 0. The zero-order valence-electron chi connectivity index (χ0n) is 26.6. The minimum Gasteiger partial charge on any atom is -0.134 e. The van der Waals surface area contributed by atoms with E-state index in [0.29, 0.717) is 0 Å². The lowest BCUT2D eigenvalue weighted by Gasteiger charge is -2.06. The first kappa shape index (κ1) is 28.7. The van der Waals surface area contributed by atoms with Gasteiger partial charge in [0.25, 0.3) is 0 Å². The maximum atomic E-state index is 2.38. The van der Waals surface area contributed by atoms with Crippen molar-refractivity contribution in [3.05, 3.63) is 158 Å². The molecule has 50 heavy (non-hydrogen) atoms. The molecule has 11 rings (SSSR count). The Morgan fingerprint density at radius 1 is 0.220 bits per heavy atom. The van der Waals surface area contributed by atoms with Crippen LogP contribution in [0.2, 0.25) is 0 Å². The second kappa shape index (κ2) is 11.2. The number of thiophene rings is 4. The Morgan fingerprint density at radius 2 is 0.460 bits per heavy atom. The molecule has 0 bridgehead atoms. The van der Waals surface area contributed by atoms with Crippen molar-refractivity contribution in [1.82, 2.24) is 0 Å². The summed E-state index contributed by atoms with van der Waals surface area (Å²) < 4.78 is 11.0. The second-order valence-corrected chi connectivity index (χ2v) is 17.1. The van der Waals surface area contributed by atoms with Gasteiger partial charge in [-0.3, -0.25) is 0 Å². The van der Waals surface area contributed by atoms with Crippen LogP contribution in [0.25, 0.3) is 104 Å². The lowest BCUT2D eigenvalue weighted by Crippen LogP contribution is -1.80. The lowest BCUT2D eigenvalue weighted by molar-refractivity contribution is 1.63. The highest BCUT2D eigenvalue weighted by atomic mass is 32.1. The SMILES string of the molecule is c1ccc(-c2ccc3c(c2)sc2c4ccc(-c5ccc(-c6ccc7c(c6)sc6c8ccc(-c9ccccc9)cc8sc76)cc5)cc4sc32)cc1. The Bertz CT molecular complexity index is 2850. The van der Waals surface area contributed by atoms with Crippen molar-refractivity contribution >= 4 is 104 Å². The van der Waals surface area contributed by atoms with Gasteiger partial charge in [0.05, 0.1) is 18.8 Å². The van der Waals surface area contributed by atoms with E-state index in [-0.39, 0.29) is 0 Å². The van der Waals surface area contributed by atoms with Crippen LogP contribution in [0.4, 0.5) is 0 Å². The summed E-state index contributed by atoms with van der Waals surface area (Å²) in [6, 6.07) is 58.3. The van der Waals surface area contributed by atoms with E-state index in [2.05, 4.69) is 158 Å². The van der Waals surface area contributed by atoms with Gasteiger partial charge in [0.1, 0.15) is 0 Å². The van der Waals surface area contributed by atoms with Crippen molar-refractivity contribution in [3.8, 4) is 44.5 Å². The van der Waals surface area contributed by atoms with Gasteiger partial charge in [-0.25, -0.2) is 0 Å². The molecule has 0 spiro atoms. The summed E-state index contributed by atoms with van der Waals surface area (Å²) >= 11 is 7.69. The third-order valence-corrected chi connectivity index (χ3v) is 14.9. The van der Waals surface area contributed by atoms with Gasteiger partial charge in [0.15, 0.2) is 0 Å². The van der Waals surface area contributed by atoms with Crippen LogP contribution in [0.15, 0.2) is 158 Å². The van der Waals surface area contributed by atoms with Gasteiger partial charge in [-0.05, 0) is 68.8 Å². The molecule has 11 aromatic rings. The minimum absolute atomic E-state index is 1.25. The predicted octanol–water partition coefficient (Wildman–Crippen LogP) is 15.5. The molecule has 234 valence electrons. The zero-order chi connectivity index (χ0) is 32.8. The van der Waals surface area contributed by atoms with Crippen molar-refractivity contribution in [2.24, 2.45) is 0 Å². The molecule has 4 aromatic heterocycles. The number of benzene rings is 7. The van der Waals surface area contributed by atoms with E-state index in [0.717, 1.165) is 0 Å². The highest BCUT2D eigenvalue weighted by Gasteiger charge is 2.16. The van der Waals surface area contributed by atoms with Crippen LogP contribution in [0.1, 0.15) is 0 Å². The van der Waals surface area contributed by atoms with Crippen LogP contribution in [-0.2, 0) is 0 Å². The molecule has 0 amide bonds. The highest BCUT2D eigenvalue weighted by molar-refractivity contribution is 7.37. The molecule has 0 unspecified atom stereocenters. The van der Waals surface area contributed by atoms with Crippen LogP contribution in [0, 0.1) is 0 Å². The van der Waals surface area contributed by atoms with E-state index < -0.39 is 0 Å². The maximum Gasteiger partial charge on any atom is 0.0542 e. The van der Waals surface area contributed by atoms with Crippen molar-refractivity contribution < 1.29 is 0 Å². The fourth-order valence-electron chi connectivity index (χ4n) is 7.35. The third kappa shape index (κ3) is 4.53. The molecular weight excluding hydrogens is 681 g/mol. The summed E-state index contributed by atoms with van der Waals surface area (Å²) in [6.07, 6.45) is 0. The fraction of sp³-hybridized carbons (Fsp3) is 0. The molecule has 0 nitrogen and oxygen atoms in total. The molecule has 0 aliphatic heterocycles. The Balaban J connectivity index is 0.899. The summed E-state index contributed by atoms with van der Waals surface area (Å²) in [5.41, 5.74) is 10.1. The van der Waals surface area contributed by atoms with Gasteiger partial charge in [-0.15, -0.1) is 45.3 Å². The monoisotopic (exact) mass is 706 g/mol. The van der Waals surface area contributed by atoms with Gasteiger partial charge in [0.2, 0.25) is 0 Å². The van der Waals surface area contributed by atoms with Crippen LogP contribution in [0.3, 0.4) is 0 Å². The summed E-state index contributed by atoms with van der Waals surface area (Å²) in [7, 11) is 0. The van der Waals surface area contributed by atoms with Crippen LogP contribution < -0.4 is 0 Å². The third-order valence-electron chi connectivity index (χ3n) is 9.93. The Kier molecular flexibility index (Phi) is 6.44. The van der Waals surface area contributed by atoms with E-state index in [4.69, 9.17) is 0 Å². The topological polar surface area (TPSA) is 0 Å². The Labute approximate surface area is 304 Å². The molecule has 4 heteroatoms. The molecule has 0 radical (unpaired) electrons.